The van der Waals surface area contributed by atoms with E-state index in [2.05, 4.69) is 24.4 Å². The molecule has 0 unspecified atom stereocenters. The fraction of sp³-hybridized carbons (Fsp3) is 0.269. The number of carbonyl (C=O) groups is 1. The minimum atomic E-state index is -4.11. The number of ether oxygens (including phenoxy) is 2. The molecule has 3 rings (SSSR count). The van der Waals surface area contributed by atoms with Gasteiger partial charge in [0.1, 0.15) is 6.54 Å². The highest BCUT2D eigenvalue weighted by Gasteiger charge is 2.28. The van der Waals surface area contributed by atoms with Crippen molar-refractivity contribution in [2.45, 2.75) is 17.6 Å². The molecule has 1 N–H and O–H groups in total. The first kappa shape index (κ1) is 27.7. The smallest absolute Gasteiger partial charge is 0.264 e. The van der Waals surface area contributed by atoms with Gasteiger partial charge in [-0.05, 0) is 54.4 Å². The number of hydrogen-bond acceptors (Lipinski definition) is 6. The number of halogens is 1. The zero-order valence-corrected chi connectivity index (χ0v) is 22.8. The summed E-state index contributed by atoms with van der Waals surface area (Å²) in [4.78, 5) is 12.8. The van der Waals surface area contributed by atoms with Crippen LogP contribution in [0.3, 0.4) is 0 Å². The van der Waals surface area contributed by atoms with Gasteiger partial charge in [-0.1, -0.05) is 35.9 Å². The topological polar surface area (TPSA) is 84.9 Å². The number of hydrogen-bond donors (Lipinski definition) is 1. The second-order valence-electron chi connectivity index (χ2n) is 7.83. The van der Waals surface area contributed by atoms with Gasteiger partial charge in [0, 0.05) is 29.1 Å². The third-order valence-corrected chi connectivity index (χ3v) is 8.46. The molecule has 36 heavy (non-hydrogen) atoms. The highest BCUT2D eigenvalue weighted by Crippen LogP contribution is 2.32. The maximum Gasteiger partial charge on any atom is 0.264 e. The van der Waals surface area contributed by atoms with Crippen LogP contribution in [0.4, 0.5) is 5.69 Å². The van der Waals surface area contributed by atoms with E-state index in [1.54, 1.807) is 36.0 Å². The Bertz CT molecular complexity index is 1280. The predicted octanol–water partition coefficient (Wildman–Crippen LogP) is 4.91. The minimum absolute atomic E-state index is 0.0308. The predicted molar refractivity (Wildman–Crippen MR) is 146 cm³/mol. The number of nitrogens with zero attached hydrogens (tertiary/aromatic N) is 1. The zero-order chi connectivity index (χ0) is 26.1. The molecule has 0 fully saturated rings. The Morgan fingerprint density at radius 3 is 2.36 bits per heavy atom. The Kier molecular flexibility index (Phi) is 9.92. The molecule has 192 valence electrons. The molecular weight excluding hydrogens is 520 g/mol. The van der Waals surface area contributed by atoms with E-state index in [1.165, 1.54) is 43.5 Å². The van der Waals surface area contributed by atoms with Crippen molar-refractivity contribution < 1.29 is 22.7 Å². The molecule has 0 aliphatic heterocycles. The molecule has 0 saturated heterocycles. The average Bonchev–Trinajstić information content (AvgIpc) is 2.88. The number of aryl methyl sites for hydroxylation is 1. The number of sulfonamides is 1. The molecule has 0 aromatic heterocycles. The van der Waals surface area contributed by atoms with E-state index in [0.717, 1.165) is 10.1 Å². The van der Waals surface area contributed by atoms with Gasteiger partial charge in [0.15, 0.2) is 11.5 Å². The van der Waals surface area contributed by atoms with Crippen LogP contribution in [0.15, 0.2) is 71.6 Å². The maximum absolute atomic E-state index is 13.6. The van der Waals surface area contributed by atoms with Crippen LogP contribution < -0.4 is 19.1 Å². The summed E-state index contributed by atoms with van der Waals surface area (Å²) in [5.41, 5.74) is 2.80. The van der Waals surface area contributed by atoms with Gasteiger partial charge in [0.25, 0.3) is 10.0 Å². The summed E-state index contributed by atoms with van der Waals surface area (Å²) in [5, 5.41) is 3.28. The number of anilines is 1. The highest BCUT2D eigenvalue weighted by atomic mass is 35.5. The summed E-state index contributed by atoms with van der Waals surface area (Å²) in [6.07, 6.45) is 0. The molecule has 0 aliphatic rings. The number of nitrogens with one attached hydrogen (secondary N) is 1. The Morgan fingerprint density at radius 2 is 1.69 bits per heavy atom. The lowest BCUT2D eigenvalue weighted by atomic mass is 10.1. The molecule has 0 bridgehead atoms. The SMILES string of the molecule is COc1ccc(S(=O)(=O)N(CC(=O)NCCSCc2ccccc2C)c2ccc(Cl)cc2)cc1OC. The molecule has 0 spiro atoms. The first-order valence-corrected chi connectivity index (χ1v) is 14.1. The lowest BCUT2D eigenvalue weighted by Crippen LogP contribution is -2.41. The molecule has 3 aromatic carbocycles. The summed E-state index contributed by atoms with van der Waals surface area (Å²) in [6, 6.07) is 18.8. The first-order valence-electron chi connectivity index (χ1n) is 11.2. The maximum atomic E-state index is 13.6. The highest BCUT2D eigenvalue weighted by molar-refractivity contribution is 7.98. The van der Waals surface area contributed by atoms with Crippen molar-refractivity contribution in [2.24, 2.45) is 0 Å². The zero-order valence-electron chi connectivity index (χ0n) is 20.4. The number of amides is 1. The van der Waals surface area contributed by atoms with Crippen LogP contribution in [0.25, 0.3) is 0 Å². The molecule has 3 aromatic rings. The molecule has 0 atom stereocenters. The lowest BCUT2D eigenvalue weighted by molar-refractivity contribution is -0.119. The van der Waals surface area contributed by atoms with Crippen LogP contribution in [-0.2, 0) is 20.6 Å². The summed E-state index contributed by atoms with van der Waals surface area (Å²) in [7, 11) is -1.21. The minimum Gasteiger partial charge on any atom is -0.493 e. The van der Waals surface area contributed by atoms with Crippen molar-refractivity contribution in [3.05, 3.63) is 82.9 Å². The van der Waals surface area contributed by atoms with E-state index in [0.29, 0.717) is 28.8 Å². The second kappa shape index (κ2) is 12.9. The molecule has 0 heterocycles. The molecule has 0 saturated carbocycles. The van der Waals surface area contributed by atoms with Gasteiger partial charge in [0.2, 0.25) is 5.91 Å². The van der Waals surface area contributed by atoms with Crippen molar-refractivity contribution >= 4 is 45.0 Å². The summed E-state index contributed by atoms with van der Waals surface area (Å²) in [5.74, 6) is 1.79. The van der Waals surface area contributed by atoms with Crippen molar-refractivity contribution in [2.75, 3.05) is 37.4 Å². The first-order chi connectivity index (χ1) is 17.3. The molecule has 10 heteroatoms. The number of carbonyl (C=O) groups excluding carboxylic acids is 1. The van der Waals surface area contributed by atoms with Gasteiger partial charge in [-0.25, -0.2) is 8.42 Å². The lowest BCUT2D eigenvalue weighted by Gasteiger charge is -2.24. The van der Waals surface area contributed by atoms with Crippen molar-refractivity contribution in [3.8, 4) is 11.5 Å². The van der Waals surface area contributed by atoms with Crippen LogP contribution in [0, 0.1) is 6.92 Å². The van der Waals surface area contributed by atoms with E-state index in [1.807, 2.05) is 12.1 Å². The van der Waals surface area contributed by atoms with E-state index in [-0.39, 0.29) is 17.2 Å². The average molecular weight is 549 g/mol. The van der Waals surface area contributed by atoms with Crippen molar-refractivity contribution in [1.29, 1.82) is 0 Å². The van der Waals surface area contributed by atoms with Gasteiger partial charge in [0.05, 0.1) is 24.8 Å². The fourth-order valence-electron chi connectivity index (χ4n) is 3.43. The molecular formula is C26H29ClN2O5S2. The number of thioether (sulfide) groups is 1. The Balaban J connectivity index is 1.71. The molecule has 0 radical (unpaired) electrons. The van der Waals surface area contributed by atoms with E-state index in [9.17, 15) is 13.2 Å². The van der Waals surface area contributed by atoms with Crippen molar-refractivity contribution in [3.63, 3.8) is 0 Å². The van der Waals surface area contributed by atoms with E-state index < -0.39 is 15.9 Å². The van der Waals surface area contributed by atoms with Crippen LogP contribution in [0.5, 0.6) is 11.5 Å². The van der Waals surface area contributed by atoms with Gasteiger partial charge < -0.3 is 14.8 Å². The van der Waals surface area contributed by atoms with Gasteiger partial charge in [-0.15, -0.1) is 0 Å². The monoisotopic (exact) mass is 548 g/mol. The van der Waals surface area contributed by atoms with Crippen LogP contribution in [-0.4, -0.2) is 47.4 Å². The Morgan fingerprint density at radius 1 is 1.00 bits per heavy atom. The molecule has 1 amide bonds. The van der Waals surface area contributed by atoms with Crippen LogP contribution in [0.2, 0.25) is 5.02 Å². The third kappa shape index (κ3) is 7.09. The van der Waals surface area contributed by atoms with E-state index in [4.69, 9.17) is 21.1 Å². The van der Waals surface area contributed by atoms with E-state index >= 15 is 0 Å². The van der Waals surface area contributed by atoms with Crippen molar-refractivity contribution in [1.82, 2.24) is 5.32 Å². The van der Waals surface area contributed by atoms with Gasteiger partial charge >= 0.3 is 0 Å². The quantitative estimate of drug-likeness (QED) is 0.324. The van der Waals surface area contributed by atoms with Gasteiger partial charge in [-0.3, -0.25) is 9.10 Å². The largest absolute Gasteiger partial charge is 0.493 e. The fourth-order valence-corrected chi connectivity index (χ4v) is 5.93. The van der Waals surface area contributed by atoms with Gasteiger partial charge in [-0.2, -0.15) is 11.8 Å². The summed E-state index contributed by atoms with van der Waals surface area (Å²) >= 11 is 7.70. The van der Waals surface area contributed by atoms with Crippen LogP contribution >= 0.6 is 23.4 Å². The molecule has 0 aliphatic carbocycles. The number of benzene rings is 3. The summed E-state index contributed by atoms with van der Waals surface area (Å²) < 4.78 is 38.7. The number of methoxy groups -OCH3 is 2. The Labute approximate surface area is 221 Å². The second-order valence-corrected chi connectivity index (χ2v) is 11.2. The van der Waals surface area contributed by atoms with Crippen LogP contribution in [0.1, 0.15) is 11.1 Å². The number of rotatable bonds is 12. The molecule has 7 nitrogen and oxygen atoms in total. The third-order valence-electron chi connectivity index (χ3n) is 5.43. The summed E-state index contributed by atoms with van der Waals surface area (Å²) in [6.45, 7) is 2.10. The normalized spacial score (nSPS) is 11.1. The standard InChI is InChI=1S/C26H29ClN2O5S2/c1-19-6-4-5-7-20(19)18-35-15-14-28-26(30)17-29(22-10-8-21(27)9-11-22)36(31,32)23-12-13-24(33-2)25(16-23)34-3/h4-13,16H,14-15,17-18H2,1-3H3,(H,28,30). The Hall–Kier alpha value is -2.88.